The standard InChI is InChI=1S/C31H53N3O4S/c1-20(2)16-17-23(5)34(28(36)24(18-19-39-12)32-29(37)38-31(9,10)11)26(27(35)33-30(6,7)8)25-21(3)14-13-15-22(25)4/h13-15,20,23-24,26H,16-19H2,1-12H3,(H,32,37)(H,33,35). The van der Waals surface area contributed by atoms with Crippen molar-refractivity contribution in [2.45, 2.75) is 125 Å². The second kappa shape index (κ2) is 15.0. The number of alkyl carbamates (subject to hydrolysis) is 1. The molecule has 0 bridgehead atoms. The molecule has 0 spiro atoms. The Morgan fingerprint density at radius 3 is 1.97 bits per heavy atom. The van der Waals surface area contributed by atoms with Gasteiger partial charge in [-0.05, 0) is 116 Å². The molecule has 0 radical (unpaired) electrons. The Hall–Kier alpha value is -2.22. The van der Waals surface area contributed by atoms with Crippen molar-refractivity contribution in [3.63, 3.8) is 0 Å². The summed E-state index contributed by atoms with van der Waals surface area (Å²) in [4.78, 5) is 43.1. The van der Waals surface area contributed by atoms with Crippen LogP contribution in [0.2, 0.25) is 0 Å². The molecule has 7 nitrogen and oxygen atoms in total. The van der Waals surface area contributed by atoms with Crippen molar-refractivity contribution in [1.29, 1.82) is 0 Å². The minimum atomic E-state index is -0.850. The number of nitrogens with one attached hydrogen (secondary N) is 2. The lowest BCUT2D eigenvalue weighted by atomic mass is 9.91. The Balaban J connectivity index is 3.74. The molecule has 1 aromatic carbocycles. The van der Waals surface area contributed by atoms with Crippen LogP contribution in [0.4, 0.5) is 4.79 Å². The number of nitrogens with zero attached hydrogens (tertiary/aromatic N) is 1. The number of amides is 3. The summed E-state index contributed by atoms with van der Waals surface area (Å²) in [5, 5.41) is 5.97. The Labute approximate surface area is 241 Å². The largest absolute Gasteiger partial charge is 0.444 e. The minimum absolute atomic E-state index is 0.231. The first kappa shape index (κ1) is 34.8. The van der Waals surface area contributed by atoms with E-state index in [9.17, 15) is 14.4 Å². The maximum absolute atomic E-state index is 14.5. The maximum atomic E-state index is 14.5. The van der Waals surface area contributed by atoms with Crippen LogP contribution in [0.5, 0.6) is 0 Å². The van der Waals surface area contributed by atoms with Gasteiger partial charge in [0.25, 0.3) is 0 Å². The fourth-order valence-corrected chi connectivity index (χ4v) is 5.00. The van der Waals surface area contributed by atoms with Crippen LogP contribution in [-0.4, -0.2) is 58.0 Å². The van der Waals surface area contributed by atoms with E-state index in [1.165, 1.54) is 0 Å². The molecule has 1 aromatic rings. The third-order valence-electron chi connectivity index (χ3n) is 6.33. The highest BCUT2D eigenvalue weighted by atomic mass is 32.2. The van der Waals surface area contributed by atoms with Crippen molar-refractivity contribution in [3.05, 3.63) is 34.9 Å². The maximum Gasteiger partial charge on any atom is 0.408 e. The molecule has 0 fully saturated rings. The van der Waals surface area contributed by atoms with Crippen LogP contribution < -0.4 is 10.6 Å². The van der Waals surface area contributed by atoms with Gasteiger partial charge in [-0.1, -0.05) is 32.0 Å². The van der Waals surface area contributed by atoms with E-state index in [1.807, 2.05) is 66.0 Å². The highest BCUT2D eigenvalue weighted by molar-refractivity contribution is 7.98. The molecule has 0 saturated heterocycles. The van der Waals surface area contributed by atoms with Crippen LogP contribution in [0.1, 0.15) is 104 Å². The van der Waals surface area contributed by atoms with E-state index in [0.717, 1.165) is 29.5 Å². The first-order valence-corrected chi connectivity index (χ1v) is 15.5. The number of hydrogen-bond donors (Lipinski definition) is 2. The molecular weight excluding hydrogens is 510 g/mol. The molecule has 8 heteroatoms. The van der Waals surface area contributed by atoms with Crippen LogP contribution in [0.25, 0.3) is 0 Å². The highest BCUT2D eigenvalue weighted by Crippen LogP contribution is 2.32. The summed E-state index contributed by atoms with van der Waals surface area (Å²) < 4.78 is 5.51. The molecule has 0 aromatic heterocycles. The van der Waals surface area contributed by atoms with Gasteiger partial charge in [0, 0.05) is 11.6 Å². The van der Waals surface area contributed by atoms with Gasteiger partial charge in [-0.3, -0.25) is 9.59 Å². The first-order valence-electron chi connectivity index (χ1n) is 14.1. The summed E-state index contributed by atoms with van der Waals surface area (Å²) in [7, 11) is 0. The number of thioether (sulfide) groups is 1. The van der Waals surface area contributed by atoms with Gasteiger partial charge in [0.2, 0.25) is 11.8 Å². The van der Waals surface area contributed by atoms with Crippen LogP contribution in [-0.2, 0) is 14.3 Å². The lowest BCUT2D eigenvalue weighted by Gasteiger charge is -2.40. The molecule has 3 atom stereocenters. The van der Waals surface area contributed by atoms with Gasteiger partial charge < -0.3 is 20.3 Å². The van der Waals surface area contributed by atoms with Crippen molar-refractivity contribution in [1.82, 2.24) is 15.5 Å². The number of aryl methyl sites for hydroxylation is 2. The molecule has 0 aliphatic rings. The van der Waals surface area contributed by atoms with Gasteiger partial charge in [-0.25, -0.2) is 4.79 Å². The van der Waals surface area contributed by atoms with E-state index in [-0.39, 0.29) is 17.9 Å². The lowest BCUT2D eigenvalue weighted by molar-refractivity contribution is -0.145. The summed E-state index contributed by atoms with van der Waals surface area (Å²) in [6.07, 6.45) is 3.39. The van der Waals surface area contributed by atoms with E-state index >= 15 is 0 Å². The van der Waals surface area contributed by atoms with Gasteiger partial charge in [-0.15, -0.1) is 0 Å². The molecule has 1 rings (SSSR count). The molecule has 3 unspecified atom stereocenters. The van der Waals surface area contributed by atoms with E-state index in [4.69, 9.17) is 4.74 Å². The number of carbonyl (C=O) groups excluding carboxylic acids is 3. The molecule has 0 aliphatic carbocycles. The fourth-order valence-electron chi connectivity index (χ4n) is 4.53. The third kappa shape index (κ3) is 11.8. The summed E-state index contributed by atoms with van der Waals surface area (Å²) >= 11 is 1.60. The summed E-state index contributed by atoms with van der Waals surface area (Å²) in [5.41, 5.74) is 1.52. The number of hydrogen-bond acceptors (Lipinski definition) is 5. The quantitative estimate of drug-likeness (QED) is 0.301. The van der Waals surface area contributed by atoms with Crippen molar-refractivity contribution < 1.29 is 19.1 Å². The predicted octanol–water partition coefficient (Wildman–Crippen LogP) is 6.56. The Morgan fingerprint density at radius 2 is 1.51 bits per heavy atom. The second-order valence-electron chi connectivity index (χ2n) is 13.0. The van der Waals surface area contributed by atoms with Gasteiger partial charge >= 0.3 is 6.09 Å². The normalized spacial score (nSPS) is 14.4. The van der Waals surface area contributed by atoms with Crippen LogP contribution in [0.15, 0.2) is 18.2 Å². The molecule has 0 saturated carbocycles. The van der Waals surface area contributed by atoms with Crippen molar-refractivity contribution in [3.8, 4) is 0 Å². The average molecular weight is 564 g/mol. The van der Waals surface area contributed by atoms with Gasteiger partial charge in [0.05, 0.1) is 0 Å². The molecule has 39 heavy (non-hydrogen) atoms. The second-order valence-corrected chi connectivity index (χ2v) is 14.0. The van der Waals surface area contributed by atoms with E-state index < -0.39 is 29.3 Å². The van der Waals surface area contributed by atoms with Crippen molar-refractivity contribution in [2.24, 2.45) is 5.92 Å². The zero-order valence-electron chi connectivity index (χ0n) is 26.4. The zero-order chi connectivity index (χ0) is 30.1. The first-order chi connectivity index (χ1) is 17.9. The average Bonchev–Trinajstić information content (AvgIpc) is 2.76. The highest BCUT2D eigenvalue weighted by Gasteiger charge is 2.40. The number of rotatable bonds is 12. The topological polar surface area (TPSA) is 87.7 Å². The van der Waals surface area contributed by atoms with Gasteiger partial charge in [0.15, 0.2) is 0 Å². The van der Waals surface area contributed by atoms with Crippen molar-refractivity contribution in [2.75, 3.05) is 12.0 Å². The molecular formula is C31H53N3O4S. The van der Waals surface area contributed by atoms with E-state index in [0.29, 0.717) is 18.1 Å². The summed E-state index contributed by atoms with van der Waals surface area (Å²) in [5.74, 6) is 0.606. The van der Waals surface area contributed by atoms with Gasteiger partial charge in [-0.2, -0.15) is 11.8 Å². The molecule has 222 valence electrons. The van der Waals surface area contributed by atoms with Gasteiger partial charge in [0.1, 0.15) is 17.7 Å². The van der Waals surface area contributed by atoms with Crippen molar-refractivity contribution >= 4 is 29.7 Å². The Kier molecular flexibility index (Phi) is 13.4. The Morgan fingerprint density at radius 1 is 0.949 bits per heavy atom. The summed E-state index contributed by atoms with van der Waals surface area (Å²) in [6.45, 7) is 21.4. The van der Waals surface area contributed by atoms with Crippen LogP contribution >= 0.6 is 11.8 Å². The molecule has 0 heterocycles. The predicted molar refractivity (Wildman–Crippen MR) is 163 cm³/mol. The zero-order valence-corrected chi connectivity index (χ0v) is 27.2. The molecule has 0 aliphatic heterocycles. The molecule has 2 N–H and O–H groups in total. The number of ether oxygens (including phenoxy) is 1. The fraction of sp³-hybridized carbons (Fsp3) is 0.710. The van der Waals surface area contributed by atoms with Crippen LogP contribution in [0.3, 0.4) is 0 Å². The molecule has 3 amide bonds. The van der Waals surface area contributed by atoms with Crippen LogP contribution in [0, 0.1) is 19.8 Å². The van der Waals surface area contributed by atoms with E-state index in [2.05, 4.69) is 24.5 Å². The summed E-state index contributed by atoms with van der Waals surface area (Å²) in [6, 6.07) is 4.00. The van der Waals surface area contributed by atoms with E-state index in [1.54, 1.807) is 37.4 Å². The lowest BCUT2D eigenvalue weighted by Crippen LogP contribution is -2.57. The Bertz CT molecular complexity index is 945. The number of benzene rings is 1. The SMILES string of the molecule is CSCCC(NC(=O)OC(C)(C)C)C(=O)N(C(C)CCC(C)C)C(C(=O)NC(C)(C)C)c1c(C)cccc1C. The third-order valence-corrected chi connectivity index (χ3v) is 6.98. The minimum Gasteiger partial charge on any atom is -0.444 e. The monoisotopic (exact) mass is 563 g/mol. The number of carbonyl (C=O) groups is 3. The smallest absolute Gasteiger partial charge is 0.408 e.